The third-order valence-electron chi connectivity index (χ3n) is 3.55. The predicted octanol–water partition coefficient (Wildman–Crippen LogP) is 1.94. The molecular weight excluding hydrogens is 292 g/mol. The fourth-order valence-corrected chi connectivity index (χ4v) is 3.04. The number of carboxylic acid groups (broad SMARTS) is 1. The molecule has 0 saturated carbocycles. The van der Waals surface area contributed by atoms with Crippen LogP contribution in [0.2, 0.25) is 0 Å². The second-order valence-corrected chi connectivity index (χ2v) is 8.37. The molecule has 0 atom stereocenters. The quantitative estimate of drug-likeness (QED) is 0.831. The van der Waals surface area contributed by atoms with Crippen molar-refractivity contribution in [1.82, 2.24) is 10.2 Å². The Hall–Kier alpha value is -1.24. The van der Waals surface area contributed by atoms with Gasteiger partial charge in [0, 0.05) is 30.0 Å². The van der Waals surface area contributed by atoms with Gasteiger partial charge < -0.3 is 10.0 Å². The van der Waals surface area contributed by atoms with Crippen molar-refractivity contribution < 1.29 is 19.5 Å². The number of aliphatic carboxylic acids is 1. The van der Waals surface area contributed by atoms with Gasteiger partial charge in [-0.05, 0) is 20.3 Å². The van der Waals surface area contributed by atoms with Crippen molar-refractivity contribution in [3.8, 4) is 0 Å². The molecule has 21 heavy (non-hydrogen) atoms. The standard InChI is InChI=1S/C14H24N2O4S/c1-13(2,11(18)19)9-10(17)15-12(20)16-6-5-14(3,4)21-8-7-16/h5-9H2,1-4H3,(H,18,19)(H,15,17,20). The van der Waals surface area contributed by atoms with Crippen molar-refractivity contribution in [3.05, 3.63) is 0 Å². The van der Waals surface area contributed by atoms with E-state index in [-0.39, 0.29) is 11.2 Å². The van der Waals surface area contributed by atoms with Crippen molar-refractivity contribution in [2.24, 2.45) is 5.41 Å². The van der Waals surface area contributed by atoms with Crippen LogP contribution in [0.5, 0.6) is 0 Å². The molecule has 1 saturated heterocycles. The highest BCUT2D eigenvalue weighted by Gasteiger charge is 2.32. The zero-order valence-corrected chi connectivity index (χ0v) is 13.9. The van der Waals surface area contributed by atoms with Crippen molar-refractivity contribution in [1.29, 1.82) is 0 Å². The molecule has 1 heterocycles. The Kier molecular flexibility index (Phi) is 5.67. The second kappa shape index (κ2) is 6.68. The number of carbonyl (C=O) groups is 3. The number of urea groups is 1. The number of carboxylic acids is 1. The van der Waals surface area contributed by atoms with E-state index in [0.717, 1.165) is 12.2 Å². The minimum atomic E-state index is -1.18. The first-order valence-corrected chi connectivity index (χ1v) is 7.98. The van der Waals surface area contributed by atoms with Gasteiger partial charge in [0.25, 0.3) is 0 Å². The highest BCUT2D eigenvalue weighted by molar-refractivity contribution is 8.00. The largest absolute Gasteiger partial charge is 0.481 e. The van der Waals surface area contributed by atoms with Crippen molar-refractivity contribution in [3.63, 3.8) is 0 Å². The summed E-state index contributed by atoms with van der Waals surface area (Å²) in [6, 6.07) is -0.431. The summed E-state index contributed by atoms with van der Waals surface area (Å²) < 4.78 is 0.129. The van der Waals surface area contributed by atoms with Crippen LogP contribution >= 0.6 is 11.8 Å². The van der Waals surface area contributed by atoms with Crippen LogP contribution in [0.15, 0.2) is 0 Å². The van der Waals surface area contributed by atoms with Crippen LogP contribution in [0.3, 0.4) is 0 Å². The molecule has 0 unspecified atom stereocenters. The van der Waals surface area contributed by atoms with Gasteiger partial charge in [-0.25, -0.2) is 4.79 Å². The van der Waals surface area contributed by atoms with Gasteiger partial charge in [-0.2, -0.15) is 11.8 Å². The van der Waals surface area contributed by atoms with Crippen molar-refractivity contribution in [2.75, 3.05) is 18.8 Å². The second-order valence-electron chi connectivity index (χ2n) is 6.56. The Bertz CT molecular complexity index is 435. The third-order valence-corrected chi connectivity index (χ3v) is 4.93. The Morgan fingerprint density at radius 2 is 1.90 bits per heavy atom. The molecule has 0 aromatic rings. The lowest BCUT2D eigenvalue weighted by atomic mass is 9.89. The molecule has 0 aromatic carbocycles. The highest BCUT2D eigenvalue weighted by atomic mass is 32.2. The Morgan fingerprint density at radius 3 is 2.48 bits per heavy atom. The number of carbonyl (C=O) groups excluding carboxylic acids is 2. The van der Waals surface area contributed by atoms with E-state index in [1.54, 1.807) is 4.90 Å². The van der Waals surface area contributed by atoms with E-state index in [4.69, 9.17) is 5.11 Å². The van der Waals surface area contributed by atoms with Crippen molar-refractivity contribution in [2.45, 2.75) is 45.3 Å². The lowest BCUT2D eigenvalue weighted by molar-refractivity contribution is -0.149. The molecule has 120 valence electrons. The average molecular weight is 316 g/mol. The maximum absolute atomic E-state index is 12.1. The van der Waals surface area contributed by atoms with Crippen LogP contribution in [0.4, 0.5) is 4.79 Å². The fraction of sp³-hybridized carbons (Fsp3) is 0.786. The molecule has 3 amide bonds. The average Bonchev–Trinajstić information content (AvgIpc) is 2.49. The van der Waals surface area contributed by atoms with E-state index in [2.05, 4.69) is 19.2 Å². The minimum Gasteiger partial charge on any atom is -0.481 e. The zero-order chi connectivity index (χ0) is 16.3. The molecule has 6 nitrogen and oxygen atoms in total. The van der Waals surface area contributed by atoms with E-state index in [0.29, 0.717) is 13.1 Å². The molecule has 2 N–H and O–H groups in total. The SMILES string of the molecule is CC1(C)CCN(C(=O)NC(=O)CC(C)(C)C(=O)O)CCS1. The topological polar surface area (TPSA) is 86.7 Å². The lowest BCUT2D eigenvalue weighted by Crippen LogP contribution is -2.45. The number of rotatable bonds is 3. The van der Waals surface area contributed by atoms with Crippen LogP contribution in [0, 0.1) is 5.41 Å². The fourth-order valence-electron chi connectivity index (χ4n) is 1.94. The van der Waals surface area contributed by atoms with Gasteiger partial charge in [-0.15, -0.1) is 0 Å². The van der Waals surface area contributed by atoms with Gasteiger partial charge in [0.15, 0.2) is 0 Å². The number of nitrogens with zero attached hydrogens (tertiary/aromatic N) is 1. The normalized spacial score (nSPS) is 18.8. The molecular formula is C14H24N2O4S. The maximum Gasteiger partial charge on any atom is 0.324 e. The van der Waals surface area contributed by atoms with Crippen LogP contribution < -0.4 is 5.32 Å². The molecule has 7 heteroatoms. The van der Waals surface area contributed by atoms with Crippen LogP contribution in [0.25, 0.3) is 0 Å². The van der Waals surface area contributed by atoms with Crippen LogP contribution in [0.1, 0.15) is 40.5 Å². The maximum atomic E-state index is 12.1. The molecule has 0 radical (unpaired) electrons. The van der Waals surface area contributed by atoms with Gasteiger partial charge in [0.2, 0.25) is 5.91 Å². The summed E-state index contributed by atoms with van der Waals surface area (Å²) in [5, 5.41) is 11.3. The number of nitrogens with one attached hydrogen (secondary N) is 1. The van der Waals surface area contributed by atoms with Crippen LogP contribution in [-0.4, -0.2) is 51.5 Å². The van der Waals surface area contributed by atoms with E-state index >= 15 is 0 Å². The molecule has 1 aliphatic rings. The Labute approximate surface area is 129 Å². The van der Waals surface area contributed by atoms with Gasteiger partial charge >= 0.3 is 12.0 Å². The highest BCUT2D eigenvalue weighted by Crippen LogP contribution is 2.30. The van der Waals surface area contributed by atoms with E-state index < -0.39 is 23.3 Å². The van der Waals surface area contributed by atoms with Crippen molar-refractivity contribution >= 4 is 29.7 Å². The van der Waals surface area contributed by atoms with Gasteiger partial charge in [-0.3, -0.25) is 14.9 Å². The van der Waals surface area contributed by atoms with Gasteiger partial charge in [-0.1, -0.05) is 13.8 Å². The lowest BCUT2D eigenvalue weighted by Gasteiger charge is -2.23. The smallest absolute Gasteiger partial charge is 0.324 e. The van der Waals surface area contributed by atoms with Gasteiger partial charge in [0.1, 0.15) is 0 Å². The van der Waals surface area contributed by atoms with E-state index in [1.807, 2.05) is 11.8 Å². The number of imide groups is 1. The molecule has 1 rings (SSSR count). The summed E-state index contributed by atoms with van der Waals surface area (Å²) in [7, 11) is 0. The first kappa shape index (κ1) is 17.8. The predicted molar refractivity (Wildman–Crippen MR) is 82.3 cm³/mol. The number of amides is 3. The zero-order valence-electron chi connectivity index (χ0n) is 13.1. The Morgan fingerprint density at radius 1 is 1.29 bits per heavy atom. The summed E-state index contributed by atoms with van der Waals surface area (Å²) in [5.41, 5.74) is -1.18. The molecule has 1 aliphatic heterocycles. The first-order valence-electron chi connectivity index (χ1n) is 7.00. The molecule has 0 aliphatic carbocycles. The number of hydrogen-bond acceptors (Lipinski definition) is 4. The molecule has 0 aromatic heterocycles. The summed E-state index contributed by atoms with van der Waals surface area (Å²) >= 11 is 1.81. The van der Waals surface area contributed by atoms with E-state index in [1.165, 1.54) is 13.8 Å². The Balaban J connectivity index is 2.53. The summed E-state index contributed by atoms with van der Waals surface area (Å²) in [5.74, 6) is -0.781. The van der Waals surface area contributed by atoms with Crippen LogP contribution in [-0.2, 0) is 9.59 Å². The minimum absolute atomic E-state index is 0.129. The third kappa shape index (κ3) is 5.57. The van der Waals surface area contributed by atoms with E-state index in [9.17, 15) is 14.4 Å². The monoisotopic (exact) mass is 316 g/mol. The molecule has 0 bridgehead atoms. The van der Waals surface area contributed by atoms with Gasteiger partial charge in [0.05, 0.1) is 5.41 Å². The molecule has 1 fully saturated rings. The summed E-state index contributed by atoms with van der Waals surface area (Å²) in [6.45, 7) is 8.39. The number of thioether (sulfide) groups is 1. The molecule has 0 spiro atoms. The summed E-state index contributed by atoms with van der Waals surface area (Å²) in [6.07, 6.45) is 0.641. The number of hydrogen-bond donors (Lipinski definition) is 2. The first-order chi connectivity index (χ1) is 9.53. The summed E-state index contributed by atoms with van der Waals surface area (Å²) in [4.78, 5) is 36.5.